The van der Waals surface area contributed by atoms with E-state index in [0.29, 0.717) is 24.3 Å². The summed E-state index contributed by atoms with van der Waals surface area (Å²) in [6, 6.07) is 5.18. The zero-order chi connectivity index (χ0) is 17.1. The van der Waals surface area contributed by atoms with Crippen LogP contribution >= 0.6 is 0 Å². The number of nitrogens with zero attached hydrogens (tertiary/aromatic N) is 4. The average Bonchev–Trinajstić information content (AvgIpc) is 3.05. The summed E-state index contributed by atoms with van der Waals surface area (Å²) < 4.78 is 6.51. The van der Waals surface area contributed by atoms with Crippen molar-refractivity contribution in [3.05, 3.63) is 58.7 Å². The van der Waals surface area contributed by atoms with Crippen molar-refractivity contribution in [2.75, 3.05) is 25.1 Å². The molecule has 8 heteroatoms. The Morgan fingerprint density at radius 2 is 2.25 bits per heavy atom. The van der Waals surface area contributed by atoms with Crippen molar-refractivity contribution in [2.45, 2.75) is 6.04 Å². The highest BCUT2D eigenvalue weighted by atomic mass is 16.6. The normalized spacial score (nSPS) is 14.6. The van der Waals surface area contributed by atoms with Crippen LogP contribution in [0.2, 0.25) is 0 Å². The Labute approximate surface area is 138 Å². The van der Waals surface area contributed by atoms with Gasteiger partial charge in [-0.1, -0.05) is 6.07 Å². The molecule has 1 aromatic carbocycles. The van der Waals surface area contributed by atoms with Gasteiger partial charge < -0.3 is 14.2 Å². The molecule has 2 aromatic rings. The van der Waals surface area contributed by atoms with Crippen LogP contribution in [-0.2, 0) is 9.53 Å². The van der Waals surface area contributed by atoms with Gasteiger partial charge >= 0.3 is 5.97 Å². The maximum absolute atomic E-state index is 11.4. The number of ether oxygens (including phenoxy) is 1. The van der Waals surface area contributed by atoms with Gasteiger partial charge in [0.2, 0.25) is 0 Å². The third-order valence-electron chi connectivity index (χ3n) is 3.96. The molecule has 124 valence electrons. The van der Waals surface area contributed by atoms with Crippen LogP contribution in [0, 0.1) is 10.1 Å². The number of nitro benzene ring substituents is 1. The Bertz CT molecular complexity index is 779. The van der Waals surface area contributed by atoms with Crippen LogP contribution in [0.15, 0.2) is 43.0 Å². The SMILES string of the molecule is COC(=O)/C=C/c1ccc(N2CC(n3ccnc3)C2)c([N+](=O)[O-])c1. The highest BCUT2D eigenvalue weighted by Crippen LogP contribution is 2.35. The number of esters is 1. The lowest BCUT2D eigenvalue weighted by molar-refractivity contribution is -0.384. The molecule has 1 aliphatic heterocycles. The van der Waals surface area contributed by atoms with E-state index in [9.17, 15) is 14.9 Å². The summed E-state index contributed by atoms with van der Waals surface area (Å²) >= 11 is 0. The second-order valence-corrected chi connectivity index (χ2v) is 5.43. The number of methoxy groups -OCH3 is 1. The quantitative estimate of drug-likeness (QED) is 0.361. The van der Waals surface area contributed by atoms with Crippen LogP contribution in [0.3, 0.4) is 0 Å². The molecule has 0 saturated carbocycles. The number of hydrogen-bond acceptors (Lipinski definition) is 6. The predicted molar refractivity (Wildman–Crippen MR) is 87.6 cm³/mol. The highest BCUT2D eigenvalue weighted by molar-refractivity contribution is 5.87. The number of carbonyl (C=O) groups excluding carboxylic acids is 1. The van der Waals surface area contributed by atoms with Crippen LogP contribution in [0.4, 0.5) is 11.4 Å². The number of aromatic nitrogens is 2. The van der Waals surface area contributed by atoms with Crippen molar-refractivity contribution >= 4 is 23.4 Å². The van der Waals surface area contributed by atoms with Crippen LogP contribution in [0.25, 0.3) is 6.08 Å². The molecule has 0 atom stereocenters. The Balaban J connectivity index is 1.78. The van der Waals surface area contributed by atoms with Gasteiger partial charge in [-0.3, -0.25) is 10.1 Å². The Morgan fingerprint density at radius 1 is 1.46 bits per heavy atom. The molecule has 0 amide bonds. The number of benzene rings is 1. The lowest BCUT2D eigenvalue weighted by Crippen LogP contribution is -2.47. The first-order chi connectivity index (χ1) is 11.6. The number of rotatable bonds is 5. The maximum Gasteiger partial charge on any atom is 0.330 e. The van der Waals surface area contributed by atoms with Crippen molar-refractivity contribution in [3.63, 3.8) is 0 Å². The van der Waals surface area contributed by atoms with Crippen molar-refractivity contribution in [3.8, 4) is 0 Å². The highest BCUT2D eigenvalue weighted by Gasteiger charge is 2.32. The van der Waals surface area contributed by atoms with E-state index in [1.165, 1.54) is 25.3 Å². The fourth-order valence-electron chi connectivity index (χ4n) is 2.62. The number of nitro groups is 1. The topological polar surface area (TPSA) is 90.5 Å². The molecule has 0 N–H and O–H groups in total. The monoisotopic (exact) mass is 328 g/mol. The van der Waals surface area contributed by atoms with Gasteiger partial charge in [0.25, 0.3) is 5.69 Å². The van der Waals surface area contributed by atoms with Crippen LogP contribution in [0.5, 0.6) is 0 Å². The first kappa shape index (κ1) is 15.7. The zero-order valence-electron chi connectivity index (χ0n) is 13.0. The number of hydrogen-bond donors (Lipinski definition) is 0. The van der Waals surface area contributed by atoms with Gasteiger partial charge in [0.15, 0.2) is 0 Å². The molecule has 0 bridgehead atoms. The molecule has 0 spiro atoms. The number of carbonyl (C=O) groups is 1. The summed E-state index contributed by atoms with van der Waals surface area (Å²) in [5.41, 5.74) is 1.17. The van der Waals surface area contributed by atoms with Gasteiger partial charge in [-0.25, -0.2) is 9.78 Å². The summed E-state index contributed by atoms with van der Waals surface area (Å²) in [5, 5.41) is 11.4. The summed E-state index contributed by atoms with van der Waals surface area (Å²) in [6.07, 6.45) is 8.08. The van der Waals surface area contributed by atoms with Gasteiger partial charge in [0, 0.05) is 37.6 Å². The van der Waals surface area contributed by atoms with Gasteiger partial charge in [-0.05, 0) is 17.7 Å². The molecule has 0 unspecified atom stereocenters. The molecular formula is C16H16N4O4. The number of imidazole rings is 1. The molecule has 1 aliphatic rings. The third-order valence-corrected chi connectivity index (χ3v) is 3.96. The average molecular weight is 328 g/mol. The molecule has 3 rings (SSSR count). The molecule has 1 aromatic heterocycles. The van der Waals surface area contributed by atoms with E-state index in [2.05, 4.69) is 9.72 Å². The van der Waals surface area contributed by atoms with E-state index in [-0.39, 0.29) is 11.7 Å². The van der Waals surface area contributed by atoms with Gasteiger partial charge in [0.05, 0.1) is 24.4 Å². The van der Waals surface area contributed by atoms with Crippen molar-refractivity contribution in [1.29, 1.82) is 0 Å². The third kappa shape index (κ3) is 3.12. The predicted octanol–water partition coefficient (Wildman–Crippen LogP) is 2.04. The number of anilines is 1. The summed E-state index contributed by atoms with van der Waals surface area (Å²) in [7, 11) is 1.28. The lowest BCUT2D eigenvalue weighted by atomic mass is 10.1. The second-order valence-electron chi connectivity index (χ2n) is 5.43. The van der Waals surface area contributed by atoms with E-state index < -0.39 is 10.9 Å². The summed E-state index contributed by atoms with van der Waals surface area (Å²) in [6.45, 7) is 1.38. The molecule has 0 aliphatic carbocycles. The molecule has 1 saturated heterocycles. The molecular weight excluding hydrogens is 312 g/mol. The minimum atomic E-state index is -0.507. The van der Waals surface area contributed by atoms with Gasteiger partial charge in [-0.2, -0.15) is 0 Å². The molecule has 1 fully saturated rings. The van der Waals surface area contributed by atoms with E-state index in [4.69, 9.17) is 0 Å². The standard InChI is InChI=1S/C16H16N4O4/c1-24-16(21)5-3-12-2-4-14(15(8-12)20(22)23)19-9-13(10-19)18-7-6-17-11-18/h2-8,11,13H,9-10H2,1H3/b5-3+. The van der Waals surface area contributed by atoms with Crippen LogP contribution < -0.4 is 4.90 Å². The molecule has 8 nitrogen and oxygen atoms in total. The Kier molecular flexibility index (Phi) is 4.28. The van der Waals surface area contributed by atoms with E-state index >= 15 is 0 Å². The van der Waals surface area contributed by atoms with Gasteiger partial charge in [-0.15, -0.1) is 0 Å². The summed E-state index contributed by atoms with van der Waals surface area (Å²) in [4.78, 5) is 28.1. The van der Waals surface area contributed by atoms with Crippen LogP contribution in [-0.4, -0.2) is 40.6 Å². The minimum absolute atomic E-state index is 0.0195. The Hall–Kier alpha value is -3.16. The maximum atomic E-state index is 11.4. The summed E-state index contributed by atoms with van der Waals surface area (Å²) in [5.74, 6) is -0.507. The first-order valence-corrected chi connectivity index (χ1v) is 7.35. The fourth-order valence-corrected chi connectivity index (χ4v) is 2.62. The second kappa shape index (κ2) is 6.53. The van der Waals surface area contributed by atoms with Crippen molar-refractivity contribution in [1.82, 2.24) is 9.55 Å². The van der Waals surface area contributed by atoms with E-state index in [1.807, 2.05) is 15.7 Å². The zero-order valence-corrected chi connectivity index (χ0v) is 13.0. The Morgan fingerprint density at radius 3 is 2.88 bits per heavy atom. The fraction of sp³-hybridized carbons (Fsp3) is 0.250. The minimum Gasteiger partial charge on any atom is -0.466 e. The van der Waals surface area contributed by atoms with E-state index in [1.54, 1.807) is 24.7 Å². The molecule has 24 heavy (non-hydrogen) atoms. The van der Waals surface area contributed by atoms with E-state index in [0.717, 1.165) is 0 Å². The molecule has 0 radical (unpaired) electrons. The molecule has 2 heterocycles. The van der Waals surface area contributed by atoms with Crippen molar-refractivity contribution in [2.24, 2.45) is 0 Å². The van der Waals surface area contributed by atoms with Gasteiger partial charge in [0.1, 0.15) is 5.69 Å². The first-order valence-electron chi connectivity index (χ1n) is 7.35. The lowest BCUT2D eigenvalue weighted by Gasteiger charge is -2.41. The largest absolute Gasteiger partial charge is 0.466 e. The van der Waals surface area contributed by atoms with Crippen LogP contribution in [0.1, 0.15) is 11.6 Å². The van der Waals surface area contributed by atoms with Crippen molar-refractivity contribution < 1.29 is 14.5 Å². The smallest absolute Gasteiger partial charge is 0.330 e.